The molecule has 3 N–H and O–H groups in total. The molecule has 0 spiro atoms. The van der Waals surface area contributed by atoms with Crippen LogP contribution in [0.2, 0.25) is 10.1 Å². The lowest BCUT2D eigenvalue weighted by atomic mass is 9.68. The van der Waals surface area contributed by atoms with Gasteiger partial charge in [-0.25, -0.2) is 0 Å². The Morgan fingerprint density at radius 1 is 1.00 bits per heavy atom. The molecule has 1 saturated heterocycles. The summed E-state index contributed by atoms with van der Waals surface area (Å²) in [5.74, 6) is -2.65. The standard InChI is InChI=1S/C43H48ClNO6SSi/c1-28(22-29-18-19-31(47)24-37(29)44)17-20-38(48)39-30(23-35-40(36(39)26-46)42(50)45(41(35)49)25-32-12-11-21-52-32)27-51-53(43(2,3)4,33-13-7-5-8-14-33)34-15-9-6-10-16-34/h5-16,18-19,21-22,24,35-36,38,40,46-48H,17,20,23,25-27H2,1-4H3/b28-22+/t35-,36+,38-,40-/m1/s1. The first-order chi connectivity index (χ1) is 25.4. The van der Waals surface area contributed by atoms with Crippen molar-refractivity contribution in [1.29, 1.82) is 0 Å². The number of phenols is 1. The molecule has 7 nitrogen and oxygen atoms in total. The largest absolute Gasteiger partial charge is 0.508 e. The van der Waals surface area contributed by atoms with Crippen LogP contribution in [0.1, 0.15) is 57.4 Å². The molecule has 0 unspecified atom stereocenters. The fourth-order valence-electron chi connectivity index (χ4n) is 8.32. The highest BCUT2D eigenvalue weighted by atomic mass is 35.5. The maximum atomic E-state index is 14.1. The van der Waals surface area contributed by atoms with Gasteiger partial charge in [0.2, 0.25) is 11.8 Å². The van der Waals surface area contributed by atoms with Crippen molar-refractivity contribution >= 4 is 59.5 Å². The summed E-state index contributed by atoms with van der Waals surface area (Å²) in [6.45, 7) is 8.51. The molecule has 4 aromatic rings. The van der Waals surface area contributed by atoms with Crippen molar-refractivity contribution in [3.63, 3.8) is 0 Å². The van der Waals surface area contributed by atoms with Crippen molar-refractivity contribution in [2.75, 3.05) is 13.2 Å². The fraction of sp³-hybridized carbons (Fsp3) is 0.349. The third kappa shape index (κ3) is 7.88. The van der Waals surface area contributed by atoms with Gasteiger partial charge in [0.05, 0.1) is 42.7 Å². The predicted molar refractivity (Wildman–Crippen MR) is 215 cm³/mol. The minimum Gasteiger partial charge on any atom is -0.508 e. The number of likely N-dealkylation sites (tertiary alicyclic amines) is 1. The maximum absolute atomic E-state index is 14.1. The number of aliphatic hydroxyl groups is 2. The number of rotatable bonds is 13. The van der Waals surface area contributed by atoms with E-state index in [0.29, 0.717) is 23.4 Å². The number of aromatic hydroxyl groups is 1. The number of amides is 2. The summed E-state index contributed by atoms with van der Waals surface area (Å²) in [6.07, 6.45) is 2.02. The molecular weight excluding hydrogens is 722 g/mol. The van der Waals surface area contributed by atoms with Gasteiger partial charge in [0.1, 0.15) is 5.75 Å². The van der Waals surface area contributed by atoms with Gasteiger partial charge in [0.25, 0.3) is 8.32 Å². The number of aliphatic hydroxyl groups excluding tert-OH is 2. The van der Waals surface area contributed by atoms with E-state index in [4.69, 9.17) is 16.0 Å². The molecule has 6 rings (SSSR count). The lowest BCUT2D eigenvalue weighted by Crippen LogP contribution is -2.66. The minimum absolute atomic E-state index is 0.0829. The van der Waals surface area contributed by atoms with Crippen LogP contribution < -0.4 is 10.4 Å². The molecule has 2 amide bonds. The number of thiophene rings is 1. The highest BCUT2D eigenvalue weighted by Crippen LogP contribution is 2.47. The van der Waals surface area contributed by atoms with Crippen molar-refractivity contribution < 1.29 is 29.3 Å². The van der Waals surface area contributed by atoms with Crippen LogP contribution in [0.4, 0.5) is 0 Å². The molecule has 3 aromatic carbocycles. The number of phenolic OH excluding ortho intramolecular Hbond substituents is 1. The van der Waals surface area contributed by atoms with E-state index in [9.17, 15) is 24.9 Å². The normalized spacial score (nSPS) is 20.2. The molecule has 1 fully saturated rings. The van der Waals surface area contributed by atoms with E-state index >= 15 is 0 Å². The summed E-state index contributed by atoms with van der Waals surface area (Å²) in [6, 6.07) is 29.2. The van der Waals surface area contributed by atoms with Gasteiger partial charge in [-0.3, -0.25) is 14.5 Å². The van der Waals surface area contributed by atoms with Crippen LogP contribution in [-0.4, -0.2) is 59.7 Å². The molecule has 0 radical (unpaired) electrons. The monoisotopic (exact) mass is 769 g/mol. The summed E-state index contributed by atoms with van der Waals surface area (Å²) < 4.78 is 7.36. The number of benzene rings is 3. The molecule has 0 saturated carbocycles. The first kappa shape index (κ1) is 38.9. The van der Waals surface area contributed by atoms with Crippen LogP contribution >= 0.6 is 22.9 Å². The minimum atomic E-state index is -3.02. The third-order valence-corrected chi connectivity index (χ3v) is 17.0. The first-order valence-electron chi connectivity index (χ1n) is 18.1. The van der Waals surface area contributed by atoms with E-state index < -0.39 is 32.2 Å². The van der Waals surface area contributed by atoms with Gasteiger partial charge in [-0.05, 0) is 88.0 Å². The molecule has 53 heavy (non-hydrogen) atoms. The van der Waals surface area contributed by atoms with Crippen LogP contribution in [0.3, 0.4) is 0 Å². The Balaban J connectivity index is 1.39. The van der Waals surface area contributed by atoms with Crippen molar-refractivity contribution in [1.82, 2.24) is 4.90 Å². The van der Waals surface area contributed by atoms with Crippen molar-refractivity contribution in [2.24, 2.45) is 17.8 Å². The number of carbonyl (C=O) groups is 2. The van der Waals surface area contributed by atoms with E-state index in [0.717, 1.165) is 32.0 Å². The number of fused-ring (bicyclic) bond motifs is 1. The van der Waals surface area contributed by atoms with Crippen molar-refractivity contribution in [2.45, 2.75) is 64.6 Å². The number of halogens is 1. The van der Waals surface area contributed by atoms with E-state index in [1.165, 1.54) is 22.3 Å². The van der Waals surface area contributed by atoms with Crippen molar-refractivity contribution in [3.05, 3.63) is 129 Å². The number of nitrogens with zero attached hydrogens (tertiary/aromatic N) is 1. The molecule has 278 valence electrons. The SMILES string of the molecule is C/C(=C\c1ccc(O)cc1Cl)CC[C@@H](O)C1=C(CO[Si](c2ccccc2)(c2ccccc2)C(C)(C)C)C[C@H]2C(=O)N(Cc3cccs3)C(=O)[C@H]2[C@H]1CO. The Kier molecular flexibility index (Phi) is 11.9. The van der Waals surface area contributed by atoms with E-state index in [1.54, 1.807) is 12.1 Å². The molecule has 0 bridgehead atoms. The quantitative estimate of drug-likeness (QED) is 0.0747. The topological polar surface area (TPSA) is 107 Å². The highest BCUT2D eigenvalue weighted by molar-refractivity contribution is 7.09. The second-order valence-electron chi connectivity index (χ2n) is 15.2. The summed E-state index contributed by atoms with van der Waals surface area (Å²) >= 11 is 7.87. The summed E-state index contributed by atoms with van der Waals surface area (Å²) in [5.41, 5.74) is 3.09. The number of hydrogen-bond donors (Lipinski definition) is 3. The van der Waals surface area contributed by atoms with E-state index in [-0.39, 0.29) is 48.8 Å². The van der Waals surface area contributed by atoms with Gasteiger partial charge in [-0.2, -0.15) is 0 Å². The number of allylic oxidation sites excluding steroid dienone is 1. The van der Waals surface area contributed by atoms with Gasteiger partial charge < -0.3 is 19.7 Å². The maximum Gasteiger partial charge on any atom is 0.261 e. The van der Waals surface area contributed by atoms with Crippen molar-refractivity contribution in [3.8, 4) is 5.75 Å². The van der Waals surface area contributed by atoms with Gasteiger partial charge >= 0.3 is 0 Å². The molecule has 1 aliphatic carbocycles. The highest BCUT2D eigenvalue weighted by Gasteiger charge is 2.56. The van der Waals surface area contributed by atoms with Gasteiger partial charge in [-0.15, -0.1) is 11.3 Å². The summed E-state index contributed by atoms with van der Waals surface area (Å²) in [4.78, 5) is 30.4. The van der Waals surface area contributed by atoms with Gasteiger partial charge in [0.15, 0.2) is 0 Å². The molecule has 4 atom stereocenters. The molecule has 2 heterocycles. The van der Waals surface area contributed by atoms with Crippen LogP contribution in [0.25, 0.3) is 6.08 Å². The lowest BCUT2D eigenvalue weighted by molar-refractivity contribution is -0.140. The van der Waals surface area contributed by atoms with Crippen LogP contribution in [-0.2, 0) is 20.6 Å². The fourth-order valence-corrected chi connectivity index (χ4v) is 13.8. The average molecular weight is 770 g/mol. The molecule has 1 aliphatic heterocycles. The number of imide groups is 1. The first-order valence-corrected chi connectivity index (χ1v) is 21.3. The molecule has 10 heteroatoms. The zero-order valence-corrected chi connectivity index (χ0v) is 33.2. The van der Waals surface area contributed by atoms with E-state index in [2.05, 4.69) is 45.0 Å². The van der Waals surface area contributed by atoms with Crippen LogP contribution in [0, 0.1) is 17.8 Å². The zero-order valence-electron chi connectivity index (χ0n) is 30.7. The summed E-state index contributed by atoms with van der Waals surface area (Å²) in [5, 5.41) is 37.2. The second kappa shape index (κ2) is 16.3. The smallest absolute Gasteiger partial charge is 0.261 e. The molecule has 1 aromatic heterocycles. The Hall–Kier alpha value is -3.83. The predicted octanol–water partition coefficient (Wildman–Crippen LogP) is 7.34. The Morgan fingerprint density at radius 3 is 2.23 bits per heavy atom. The number of hydrogen-bond acceptors (Lipinski definition) is 7. The Labute approximate surface area is 322 Å². The van der Waals surface area contributed by atoms with Crippen LogP contribution in [0.15, 0.2) is 113 Å². The Bertz CT molecular complexity index is 1940. The second-order valence-corrected chi connectivity index (χ2v) is 21.0. The van der Waals surface area contributed by atoms with Crippen LogP contribution in [0.5, 0.6) is 5.75 Å². The zero-order chi connectivity index (χ0) is 37.9. The number of carbonyl (C=O) groups excluding carboxylic acids is 2. The molecule has 2 aliphatic rings. The van der Waals surface area contributed by atoms with Gasteiger partial charge in [-0.1, -0.05) is 111 Å². The summed E-state index contributed by atoms with van der Waals surface area (Å²) in [7, 11) is -3.02. The Morgan fingerprint density at radius 2 is 1.66 bits per heavy atom. The molecular formula is C43H48ClNO6SSi. The average Bonchev–Trinajstić information content (AvgIpc) is 3.74. The lowest BCUT2D eigenvalue weighted by Gasteiger charge is -2.44. The third-order valence-electron chi connectivity index (χ3n) is 10.8. The van der Waals surface area contributed by atoms with Gasteiger partial charge in [0, 0.05) is 10.8 Å². The van der Waals surface area contributed by atoms with E-state index in [1.807, 2.05) is 66.9 Å².